The molecule has 5 nitrogen and oxygen atoms in total. The number of hydrogen-bond donors (Lipinski definition) is 2. The fourth-order valence-corrected chi connectivity index (χ4v) is 4.24. The van der Waals surface area contributed by atoms with E-state index >= 15 is 0 Å². The molecule has 0 saturated carbocycles. The van der Waals surface area contributed by atoms with Gasteiger partial charge >= 0.3 is 0 Å². The van der Waals surface area contributed by atoms with Crippen LogP contribution in [-0.4, -0.2) is 40.0 Å². The van der Waals surface area contributed by atoms with Gasteiger partial charge in [0.1, 0.15) is 4.83 Å². The van der Waals surface area contributed by atoms with E-state index in [2.05, 4.69) is 29.9 Å². The van der Waals surface area contributed by atoms with Crippen LogP contribution in [0.2, 0.25) is 0 Å². The Hall–Kier alpha value is -2.70. The summed E-state index contributed by atoms with van der Waals surface area (Å²) < 4.78 is 0. The monoisotopic (exact) mass is 409 g/mol. The van der Waals surface area contributed by atoms with Crippen molar-refractivity contribution in [3.63, 3.8) is 0 Å². The first-order valence-corrected chi connectivity index (χ1v) is 10.6. The lowest BCUT2D eigenvalue weighted by Crippen LogP contribution is -2.22. The Labute approximate surface area is 175 Å². The fourth-order valence-electron chi connectivity index (χ4n) is 3.16. The van der Waals surface area contributed by atoms with E-state index in [1.807, 2.05) is 42.3 Å². The molecule has 6 heteroatoms. The molecule has 1 aliphatic rings. The van der Waals surface area contributed by atoms with Crippen molar-refractivity contribution in [3.05, 3.63) is 65.0 Å². The molecule has 152 valence electrons. The molecule has 0 saturated heterocycles. The van der Waals surface area contributed by atoms with Gasteiger partial charge in [-0.3, -0.25) is 4.79 Å². The number of hydrogen-bond acceptors (Lipinski definition) is 6. The van der Waals surface area contributed by atoms with Crippen molar-refractivity contribution in [1.82, 2.24) is 9.88 Å². The van der Waals surface area contributed by atoms with E-state index in [1.54, 1.807) is 13.1 Å². The minimum Gasteiger partial charge on any atom is -0.392 e. The molecule has 0 radical (unpaired) electrons. The highest BCUT2D eigenvalue weighted by atomic mass is 32.1. The number of aliphatic hydroxyl groups is 1. The fraction of sp³-hybridized carbons (Fsp3) is 0.304. The minimum absolute atomic E-state index is 0.0696. The lowest BCUT2D eigenvalue weighted by Gasteiger charge is -2.19. The molecule has 0 aromatic carbocycles. The maximum Gasteiger partial charge on any atom is 0.193 e. The van der Waals surface area contributed by atoms with Gasteiger partial charge in [0.05, 0.1) is 17.5 Å². The van der Waals surface area contributed by atoms with Crippen LogP contribution in [-0.2, 0) is 0 Å². The molecule has 2 aromatic rings. The number of nitrogens with zero attached hydrogens (tertiary/aromatic N) is 2. The van der Waals surface area contributed by atoms with Crippen LogP contribution in [0.15, 0.2) is 54.5 Å². The average Bonchev–Trinajstić information content (AvgIpc) is 2.98. The summed E-state index contributed by atoms with van der Waals surface area (Å²) in [5.41, 5.74) is 3.71. The summed E-state index contributed by atoms with van der Waals surface area (Å²) in [5, 5.41) is 13.8. The molecule has 0 aliphatic carbocycles. The molecule has 2 N–H and O–H groups in total. The standard InChI is InChI=1S/C23H27N3O2S/c1-5-6-17(8-7-15(2)3)26-12-10-18-21-19(25-13-16(4)27)9-11-24-23(21)29-22(18)20(28)14-26/h6-12,16,27H,2,5,13-14H2,1,3-4H3,(H,24,25)/b8-7-,17-6+/t16-/m1/s1. The summed E-state index contributed by atoms with van der Waals surface area (Å²) in [7, 11) is 0. The Morgan fingerprint density at radius 1 is 1.48 bits per heavy atom. The van der Waals surface area contributed by atoms with Crippen molar-refractivity contribution in [2.75, 3.05) is 18.4 Å². The number of ketones is 1. The lowest BCUT2D eigenvalue weighted by atomic mass is 10.1. The van der Waals surface area contributed by atoms with Gasteiger partial charge in [-0.15, -0.1) is 11.3 Å². The molecule has 0 bridgehead atoms. The van der Waals surface area contributed by atoms with Gasteiger partial charge in [0.2, 0.25) is 0 Å². The highest BCUT2D eigenvalue weighted by Crippen LogP contribution is 2.37. The number of thiophene rings is 1. The molecule has 0 amide bonds. The summed E-state index contributed by atoms with van der Waals surface area (Å²) in [6.45, 7) is 10.4. The minimum atomic E-state index is -0.468. The van der Waals surface area contributed by atoms with E-state index in [0.717, 1.165) is 44.0 Å². The maximum atomic E-state index is 13.1. The first-order valence-electron chi connectivity index (χ1n) is 9.76. The van der Waals surface area contributed by atoms with Crippen LogP contribution in [0.5, 0.6) is 0 Å². The Balaban J connectivity index is 2.03. The van der Waals surface area contributed by atoms with Crippen molar-refractivity contribution < 1.29 is 9.90 Å². The number of rotatable bonds is 7. The van der Waals surface area contributed by atoms with Gasteiger partial charge < -0.3 is 15.3 Å². The van der Waals surface area contributed by atoms with Gasteiger partial charge in [0.15, 0.2) is 5.78 Å². The number of aromatic nitrogens is 1. The molecule has 29 heavy (non-hydrogen) atoms. The summed E-state index contributed by atoms with van der Waals surface area (Å²) in [4.78, 5) is 21.1. The van der Waals surface area contributed by atoms with Crippen molar-refractivity contribution in [1.29, 1.82) is 0 Å². The summed E-state index contributed by atoms with van der Waals surface area (Å²) in [5.74, 6) is 0.0696. The van der Waals surface area contributed by atoms with Crippen LogP contribution in [0.4, 0.5) is 5.69 Å². The molecule has 1 aliphatic heterocycles. The predicted octanol–water partition coefficient (Wildman–Crippen LogP) is 4.98. The average molecular weight is 410 g/mol. The number of aliphatic hydroxyl groups excluding tert-OH is 1. The molecule has 2 aromatic heterocycles. The third kappa shape index (κ3) is 4.83. The topological polar surface area (TPSA) is 65.5 Å². The second kappa shape index (κ2) is 9.20. The zero-order chi connectivity index (χ0) is 21.0. The van der Waals surface area contributed by atoms with Crippen LogP contribution in [0.1, 0.15) is 42.4 Å². The van der Waals surface area contributed by atoms with Crippen LogP contribution < -0.4 is 5.32 Å². The van der Waals surface area contributed by atoms with Crippen molar-refractivity contribution in [2.24, 2.45) is 0 Å². The number of allylic oxidation sites excluding steroid dienone is 4. The van der Waals surface area contributed by atoms with Crippen molar-refractivity contribution in [3.8, 4) is 0 Å². The Bertz CT molecular complexity index is 1010. The van der Waals surface area contributed by atoms with Crippen LogP contribution in [0.3, 0.4) is 0 Å². The maximum absolute atomic E-state index is 13.1. The van der Waals surface area contributed by atoms with Crippen LogP contribution in [0, 0.1) is 0 Å². The first-order chi connectivity index (χ1) is 13.9. The van der Waals surface area contributed by atoms with Crippen LogP contribution >= 0.6 is 11.3 Å². The Morgan fingerprint density at radius 3 is 2.97 bits per heavy atom. The van der Waals surface area contributed by atoms with Gasteiger partial charge in [0, 0.05) is 41.3 Å². The Morgan fingerprint density at radius 2 is 2.28 bits per heavy atom. The first kappa shape index (κ1) is 21.0. The van der Waals surface area contributed by atoms with Gasteiger partial charge in [-0.1, -0.05) is 31.2 Å². The highest BCUT2D eigenvalue weighted by Gasteiger charge is 2.24. The third-order valence-corrected chi connectivity index (χ3v) is 5.64. The second-order valence-electron chi connectivity index (χ2n) is 7.20. The zero-order valence-electron chi connectivity index (χ0n) is 17.1. The number of nitrogens with one attached hydrogen (secondary N) is 1. The van der Waals surface area contributed by atoms with E-state index in [9.17, 15) is 9.90 Å². The van der Waals surface area contributed by atoms with E-state index in [4.69, 9.17) is 0 Å². The van der Waals surface area contributed by atoms with E-state index in [0.29, 0.717) is 6.54 Å². The van der Waals surface area contributed by atoms with E-state index in [1.165, 1.54) is 11.3 Å². The highest BCUT2D eigenvalue weighted by molar-refractivity contribution is 7.21. The lowest BCUT2D eigenvalue weighted by molar-refractivity contribution is 0.0972. The van der Waals surface area contributed by atoms with E-state index in [-0.39, 0.29) is 12.3 Å². The molecule has 3 rings (SSSR count). The second-order valence-corrected chi connectivity index (χ2v) is 8.20. The molecule has 0 fully saturated rings. The van der Waals surface area contributed by atoms with E-state index < -0.39 is 6.10 Å². The van der Waals surface area contributed by atoms with Gasteiger partial charge in [-0.05, 0) is 38.5 Å². The SMILES string of the molecule is C=C(C)/C=C\C(=C/CC)N1C=Cc2c(sc3nccc(NC[C@@H](C)O)c23)C(=O)C1. The quantitative estimate of drug-likeness (QED) is 0.631. The molecule has 1 atom stereocenters. The molecule has 3 heterocycles. The smallest absolute Gasteiger partial charge is 0.193 e. The summed E-state index contributed by atoms with van der Waals surface area (Å²) in [6, 6.07) is 1.89. The molecule has 0 unspecified atom stereocenters. The zero-order valence-corrected chi connectivity index (χ0v) is 17.9. The normalized spacial score (nSPS) is 15.7. The van der Waals surface area contributed by atoms with Crippen molar-refractivity contribution >= 4 is 39.1 Å². The summed E-state index contributed by atoms with van der Waals surface area (Å²) >= 11 is 1.42. The molecular weight excluding hydrogens is 382 g/mol. The summed E-state index contributed by atoms with van der Waals surface area (Å²) in [6.07, 6.45) is 12.1. The van der Waals surface area contributed by atoms with Crippen LogP contribution in [0.25, 0.3) is 16.3 Å². The number of pyridine rings is 1. The number of fused-ring (bicyclic) bond motifs is 3. The van der Waals surface area contributed by atoms with Gasteiger partial charge in [0.25, 0.3) is 0 Å². The number of carbonyl (C=O) groups is 1. The van der Waals surface area contributed by atoms with Gasteiger partial charge in [-0.2, -0.15) is 0 Å². The number of carbonyl (C=O) groups excluding carboxylic acids is 1. The third-order valence-electron chi connectivity index (χ3n) is 4.49. The predicted molar refractivity (Wildman–Crippen MR) is 122 cm³/mol. The number of anilines is 1. The largest absolute Gasteiger partial charge is 0.392 e. The van der Waals surface area contributed by atoms with Crippen molar-refractivity contribution in [2.45, 2.75) is 33.3 Å². The van der Waals surface area contributed by atoms with Gasteiger partial charge in [-0.25, -0.2) is 4.98 Å². The molecular formula is C23H27N3O2S. The molecule has 0 spiro atoms. The number of Topliss-reactive ketones (excluding diaryl/α,β-unsaturated/α-hetero) is 1. The Kier molecular flexibility index (Phi) is 6.67.